The molecule has 1 aromatic carbocycles. The molecule has 0 radical (unpaired) electrons. The van der Waals surface area contributed by atoms with Crippen molar-refractivity contribution >= 4 is 28.4 Å². The molecule has 0 spiro atoms. The van der Waals surface area contributed by atoms with Gasteiger partial charge in [-0.25, -0.2) is 9.99 Å². The van der Waals surface area contributed by atoms with Crippen LogP contribution in [0.4, 0.5) is 0 Å². The zero-order valence-electron chi connectivity index (χ0n) is 10.8. The van der Waals surface area contributed by atoms with Crippen LogP contribution >= 0.6 is 11.6 Å². The molecule has 1 aromatic heterocycles. The third kappa shape index (κ3) is 2.75. The molecule has 2 heterocycles. The van der Waals surface area contributed by atoms with E-state index in [1.54, 1.807) is 6.07 Å². The maximum atomic E-state index is 12.4. The Labute approximate surface area is 121 Å². The Morgan fingerprint density at radius 3 is 2.85 bits per heavy atom. The van der Waals surface area contributed by atoms with Crippen molar-refractivity contribution in [2.75, 3.05) is 26.3 Å². The van der Waals surface area contributed by atoms with Crippen LogP contribution in [0.1, 0.15) is 10.4 Å². The number of fused-ring (bicyclic) bond motifs is 1. The summed E-state index contributed by atoms with van der Waals surface area (Å²) < 4.78 is 5.25. The van der Waals surface area contributed by atoms with Gasteiger partial charge in [-0.1, -0.05) is 29.8 Å². The molecular formula is C14H14ClN3O2. The number of benzene rings is 1. The lowest BCUT2D eigenvalue weighted by molar-refractivity contribution is 0.0127. The molecule has 3 rings (SSSR count). The molecule has 0 unspecified atom stereocenters. The number of hydrazine groups is 1. The lowest BCUT2D eigenvalue weighted by Crippen LogP contribution is -2.48. The Hall–Kier alpha value is -1.69. The minimum absolute atomic E-state index is 0.174. The number of amides is 1. The molecule has 0 saturated carbocycles. The van der Waals surface area contributed by atoms with Crippen molar-refractivity contribution in [3.8, 4) is 0 Å². The van der Waals surface area contributed by atoms with Crippen molar-refractivity contribution in [3.05, 3.63) is 41.0 Å². The van der Waals surface area contributed by atoms with E-state index >= 15 is 0 Å². The number of para-hydroxylation sites is 1. The SMILES string of the molecule is O=C(NN1CCOCC1)c1cc(Cl)nc2ccccc12. The maximum absolute atomic E-state index is 12.4. The highest BCUT2D eigenvalue weighted by molar-refractivity contribution is 6.30. The third-order valence-electron chi connectivity index (χ3n) is 3.20. The lowest BCUT2D eigenvalue weighted by Gasteiger charge is -2.27. The summed E-state index contributed by atoms with van der Waals surface area (Å²) in [5, 5.41) is 2.97. The summed E-state index contributed by atoms with van der Waals surface area (Å²) in [6, 6.07) is 9.05. The van der Waals surface area contributed by atoms with Crippen LogP contribution in [0.25, 0.3) is 10.9 Å². The van der Waals surface area contributed by atoms with Gasteiger partial charge in [0.2, 0.25) is 0 Å². The maximum Gasteiger partial charge on any atom is 0.266 e. The standard InChI is InChI=1S/C14H14ClN3O2/c15-13-9-11(10-3-1-2-4-12(10)16-13)14(19)17-18-5-7-20-8-6-18/h1-4,9H,5-8H2,(H,17,19). The van der Waals surface area contributed by atoms with E-state index in [1.165, 1.54) is 0 Å². The van der Waals surface area contributed by atoms with E-state index in [0.29, 0.717) is 42.5 Å². The fourth-order valence-electron chi connectivity index (χ4n) is 2.21. The minimum atomic E-state index is -0.174. The van der Waals surface area contributed by atoms with E-state index in [0.717, 1.165) is 5.39 Å². The fraction of sp³-hybridized carbons (Fsp3) is 0.286. The predicted octanol–water partition coefficient (Wildman–Crippen LogP) is 1.87. The average molecular weight is 292 g/mol. The van der Waals surface area contributed by atoms with Gasteiger partial charge in [-0.05, 0) is 12.1 Å². The number of pyridine rings is 1. The van der Waals surface area contributed by atoms with Crippen molar-refractivity contribution in [2.24, 2.45) is 0 Å². The molecular weight excluding hydrogens is 278 g/mol. The zero-order chi connectivity index (χ0) is 13.9. The number of morpholine rings is 1. The summed E-state index contributed by atoms with van der Waals surface area (Å²) in [6.07, 6.45) is 0. The first-order chi connectivity index (χ1) is 9.74. The monoisotopic (exact) mass is 291 g/mol. The van der Waals surface area contributed by atoms with E-state index in [-0.39, 0.29) is 5.91 Å². The highest BCUT2D eigenvalue weighted by Gasteiger charge is 2.17. The van der Waals surface area contributed by atoms with E-state index in [9.17, 15) is 4.79 Å². The van der Waals surface area contributed by atoms with Gasteiger partial charge in [-0.3, -0.25) is 10.2 Å². The normalized spacial score (nSPS) is 16.2. The molecule has 1 saturated heterocycles. The number of nitrogens with zero attached hydrogens (tertiary/aromatic N) is 2. The highest BCUT2D eigenvalue weighted by atomic mass is 35.5. The van der Waals surface area contributed by atoms with Crippen LogP contribution < -0.4 is 5.43 Å². The molecule has 2 aromatic rings. The van der Waals surface area contributed by atoms with Gasteiger partial charge in [0.05, 0.1) is 24.3 Å². The molecule has 1 aliphatic rings. The Morgan fingerprint density at radius 2 is 2.05 bits per heavy atom. The number of aromatic nitrogens is 1. The van der Waals surface area contributed by atoms with Gasteiger partial charge in [0, 0.05) is 18.5 Å². The van der Waals surface area contributed by atoms with Crippen molar-refractivity contribution < 1.29 is 9.53 Å². The Morgan fingerprint density at radius 1 is 1.30 bits per heavy atom. The van der Waals surface area contributed by atoms with Gasteiger partial charge in [0.25, 0.3) is 5.91 Å². The molecule has 1 amide bonds. The molecule has 1 aliphatic heterocycles. The Balaban J connectivity index is 1.90. The highest BCUT2D eigenvalue weighted by Crippen LogP contribution is 2.20. The number of nitrogens with one attached hydrogen (secondary N) is 1. The lowest BCUT2D eigenvalue weighted by atomic mass is 10.1. The second-order valence-electron chi connectivity index (χ2n) is 4.55. The van der Waals surface area contributed by atoms with E-state index in [4.69, 9.17) is 16.3 Å². The molecule has 20 heavy (non-hydrogen) atoms. The number of ether oxygens (including phenoxy) is 1. The number of hydrogen-bond acceptors (Lipinski definition) is 4. The topological polar surface area (TPSA) is 54.5 Å². The first-order valence-electron chi connectivity index (χ1n) is 6.43. The van der Waals surface area contributed by atoms with Crippen LogP contribution in [-0.4, -0.2) is 42.2 Å². The van der Waals surface area contributed by atoms with Crippen LogP contribution in [-0.2, 0) is 4.74 Å². The quantitative estimate of drug-likeness (QED) is 0.858. The second kappa shape index (κ2) is 5.75. The van der Waals surface area contributed by atoms with Crippen molar-refractivity contribution in [3.63, 3.8) is 0 Å². The van der Waals surface area contributed by atoms with Gasteiger partial charge in [-0.2, -0.15) is 0 Å². The molecule has 104 valence electrons. The zero-order valence-corrected chi connectivity index (χ0v) is 11.6. The first-order valence-corrected chi connectivity index (χ1v) is 6.81. The van der Waals surface area contributed by atoms with Crippen LogP contribution in [0.5, 0.6) is 0 Å². The molecule has 6 heteroatoms. The summed E-state index contributed by atoms with van der Waals surface area (Å²) >= 11 is 5.99. The van der Waals surface area contributed by atoms with Gasteiger partial charge in [-0.15, -0.1) is 0 Å². The first kappa shape index (κ1) is 13.3. The molecule has 1 N–H and O–H groups in total. The molecule has 0 atom stereocenters. The number of rotatable bonds is 2. The summed E-state index contributed by atoms with van der Waals surface area (Å²) in [6.45, 7) is 2.61. The number of hydrogen-bond donors (Lipinski definition) is 1. The Bertz CT molecular complexity index is 641. The number of halogens is 1. The molecule has 1 fully saturated rings. The van der Waals surface area contributed by atoms with E-state index in [1.807, 2.05) is 29.3 Å². The average Bonchev–Trinajstić information content (AvgIpc) is 2.47. The molecule has 0 bridgehead atoms. The molecule has 0 aliphatic carbocycles. The minimum Gasteiger partial charge on any atom is -0.379 e. The van der Waals surface area contributed by atoms with Gasteiger partial charge < -0.3 is 4.74 Å². The summed E-state index contributed by atoms with van der Waals surface area (Å²) in [7, 11) is 0. The van der Waals surface area contributed by atoms with Gasteiger partial charge in [0.1, 0.15) is 5.15 Å². The fourth-order valence-corrected chi connectivity index (χ4v) is 2.41. The van der Waals surface area contributed by atoms with E-state index < -0.39 is 0 Å². The Kier molecular flexibility index (Phi) is 3.82. The van der Waals surface area contributed by atoms with Crippen LogP contribution in [0.3, 0.4) is 0 Å². The largest absolute Gasteiger partial charge is 0.379 e. The second-order valence-corrected chi connectivity index (χ2v) is 4.94. The summed E-state index contributed by atoms with van der Waals surface area (Å²) in [4.78, 5) is 16.6. The van der Waals surface area contributed by atoms with Crippen molar-refractivity contribution in [1.82, 2.24) is 15.4 Å². The van der Waals surface area contributed by atoms with Crippen LogP contribution in [0.2, 0.25) is 5.15 Å². The smallest absolute Gasteiger partial charge is 0.266 e. The third-order valence-corrected chi connectivity index (χ3v) is 3.39. The van der Waals surface area contributed by atoms with Gasteiger partial charge >= 0.3 is 0 Å². The van der Waals surface area contributed by atoms with Gasteiger partial charge in [0.15, 0.2) is 0 Å². The number of carbonyl (C=O) groups excluding carboxylic acids is 1. The van der Waals surface area contributed by atoms with Crippen molar-refractivity contribution in [2.45, 2.75) is 0 Å². The van der Waals surface area contributed by atoms with E-state index in [2.05, 4.69) is 10.4 Å². The summed E-state index contributed by atoms with van der Waals surface area (Å²) in [5.41, 5.74) is 4.13. The summed E-state index contributed by atoms with van der Waals surface area (Å²) in [5.74, 6) is -0.174. The van der Waals surface area contributed by atoms with Crippen LogP contribution in [0, 0.1) is 0 Å². The van der Waals surface area contributed by atoms with Crippen LogP contribution in [0.15, 0.2) is 30.3 Å². The number of carbonyl (C=O) groups is 1. The predicted molar refractivity (Wildman–Crippen MR) is 76.6 cm³/mol. The van der Waals surface area contributed by atoms with Crippen molar-refractivity contribution in [1.29, 1.82) is 0 Å². The molecule has 5 nitrogen and oxygen atoms in total.